The molecule has 14 nitrogen and oxygen atoms in total. The number of carboxylic acid groups (broad SMARTS) is 1. The molecule has 7 rings (SSSR count). The number of carbonyl (C=O) groups is 2. The number of halogens is 2. The number of benzene rings is 4. The number of hydrogen-bond donors (Lipinski definition) is 3. The van der Waals surface area contributed by atoms with E-state index in [2.05, 4.69) is 73.6 Å². The van der Waals surface area contributed by atoms with Crippen molar-refractivity contribution in [3.05, 3.63) is 139 Å². The number of aromatic nitrogens is 2. The molecule has 1 aromatic heterocycles. The number of piperidine rings is 1. The molecule has 2 aliphatic heterocycles. The maximum atomic E-state index is 12.8. The molecule has 0 bridgehead atoms. The van der Waals surface area contributed by atoms with Gasteiger partial charge in [-0.3, -0.25) is 14.2 Å². The summed E-state index contributed by atoms with van der Waals surface area (Å²) in [5.74, 6) is 0.991. The number of anilines is 1. The Kier molecular flexibility index (Phi) is 17.4. The van der Waals surface area contributed by atoms with E-state index in [0.717, 1.165) is 52.6 Å². The topological polar surface area (TPSA) is 230 Å². The van der Waals surface area contributed by atoms with Crippen LogP contribution in [0.5, 0.6) is 0 Å². The van der Waals surface area contributed by atoms with E-state index in [0.29, 0.717) is 23.6 Å². The number of hydrogen-bond acceptors (Lipinski definition) is 11. The van der Waals surface area contributed by atoms with Crippen molar-refractivity contribution in [2.75, 3.05) is 12.3 Å². The fourth-order valence-corrected chi connectivity index (χ4v) is 6.43. The van der Waals surface area contributed by atoms with E-state index in [1.54, 1.807) is 12.1 Å². The molecule has 2 aliphatic rings. The number of fused-ring (bicyclic) bond motifs is 2. The van der Waals surface area contributed by atoms with Gasteiger partial charge in [0.2, 0.25) is 5.91 Å². The number of aryl methyl sites for hydroxylation is 1. The number of carboxylic acids is 1. The van der Waals surface area contributed by atoms with Crippen molar-refractivity contribution in [2.45, 2.75) is 44.1 Å². The molecular weight excluding hydrogens is 872 g/mol. The van der Waals surface area contributed by atoms with Gasteiger partial charge in [0.15, 0.2) is 0 Å². The van der Waals surface area contributed by atoms with Gasteiger partial charge in [0.25, 0.3) is 5.56 Å². The average molecular weight is 907 g/mol. The number of nitrogens with two attached hydrogens (primary N) is 1. The molecule has 2 atom stereocenters. The number of nitrogens with one attached hydrogen (secondary N) is 1. The van der Waals surface area contributed by atoms with Crippen LogP contribution in [0.1, 0.15) is 58.4 Å². The van der Waals surface area contributed by atoms with Gasteiger partial charge >= 0.3 is 27.2 Å². The van der Waals surface area contributed by atoms with E-state index in [9.17, 15) is 14.4 Å². The minimum atomic E-state index is -3.11. The second-order valence-corrected chi connectivity index (χ2v) is 14.3. The van der Waals surface area contributed by atoms with Crippen LogP contribution in [0.4, 0.5) is 5.69 Å². The van der Waals surface area contributed by atoms with E-state index in [4.69, 9.17) is 41.1 Å². The van der Waals surface area contributed by atoms with Crippen LogP contribution in [0.2, 0.25) is 0 Å². The van der Waals surface area contributed by atoms with Crippen LogP contribution in [-0.4, -0.2) is 58.3 Å². The van der Waals surface area contributed by atoms with Crippen LogP contribution in [0, 0.1) is 0 Å². The third-order valence-corrected chi connectivity index (χ3v) is 9.15. The number of nitrogens with zero attached hydrogens (tertiary/aromatic N) is 2. The second kappa shape index (κ2) is 21.6. The number of amides is 1. The number of aromatic carboxylic acids is 1. The molecule has 5 aromatic rings. The maximum Gasteiger partial charge on any atom is 0.425 e. The normalized spacial score (nSPS) is 15.3. The van der Waals surface area contributed by atoms with Gasteiger partial charge in [0.05, 0.1) is 16.5 Å². The van der Waals surface area contributed by atoms with E-state index < -0.39 is 27.2 Å². The molecule has 3 heterocycles. The van der Waals surface area contributed by atoms with Gasteiger partial charge in [-0.2, -0.15) is 0 Å². The summed E-state index contributed by atoms with van der Waals surface area (Å²) in [4.78, 5) is 38.8. The first-order valence-electron chi connectivity index (χ1n) is 16.0. The molecule has 0 saturated carbocycles. The second-order valence-electron chi connectivity index (χ2n) is 11.6. The summed E-state index contributed by atoms with van der Waals surface area (Å²) in [6, 6.07) is 31.1. The van der Waals surface area contributed by atoms with Crippen molar-refractivity contribution in [3.63, 3.8) is 0 Å². The zero-order chi connectivity index (χ0) is 39.8. The van der Waals surface area contributed by atoms with Crippen LogP contribution in [0.15, 0.2) is 111 Å². The first-order chi connectivity index (χ1) is 25.7. The lowest BCUT2D eigenvalue weighted by Crippen LogP contribution is -2.33. The first-order valence-corrected chi connectivity index (χ1v) is 19.6. The summed E-state index contributed by atoms with van der Waals surface area (Å²) in [5.41, 5.74) is 9.31. The Morgan fingerprint density at radius 1 is 0.759 bits per heavy atom. The van der Waals surface area contributed by atoms with Gasteiger partial charge in [-0.25, -0.2) is 9.78 Å². The Morgan fingerprint density at radius 3 is 1.80 bits per heavy atom. The third-order valence-electron chi connectivity index (χ3n) is 8.17. The summed E-state index contributed by atoms with van der Waals surface area (Å²) in [6.07, 6.45) is 3.53. The van der Waals surface area contributed by atoms with Crippen LogP contribution in [0.3, 0.4) is 0 Å². The van der Waals surface area contributed by atoms with Crippen LogP contribution >= 0.6 is 31.9 Å². The SMILES string of the molecule is Nc1cc(Br)ccc1C(=O)O.O=C1CCC(c2ccccc2)CN1.O=S(=O)=O.O=S(=O)=O.O=c1c2ccc(Br)cc2nc2n1CC(c1ccccc1)CC2. The highest BCUT2D eigenvalue weighted by molar-refractivity contribution is 9.10. The predicted molar refractivity (Wildman–Crippen MR) is 208 cm³/mol. The maximum absolute atomic E-state index is 12.8. The molecule has 4 aromatic carbocycles. The van der Waals surface area contributed by atoms with Crippen LogP contribution in [-0.2, 0) is 39.0 Å². The minimum Gasteiger partial charge on any atom is -0.478 e. The van der Waals surface area contributed by atoms with Crippen molar-refractivity contribution in [1.82, 2.24) is 14.9 Å². The van der Waals surface area contributed by atoms with Crippen molar-refractivity contribution < 1.29 is 39.9 Å². The standard InChI is InChI=1S/C18H15BrN2O.C11H13NO.C7H6BrNO2.2O3S/c19-14-7-8-15-16(10-14)20-17-9-6-13(11-21(17)18(15)22)12-4-2-1-3-5-12;13-11-7-6-10(8-12-11)9-4-2-1-3-5-9;8-4-1-2-5(7(10)11)6(9)3-4;2*1-4(2)3/h1-5,7-8,10,13H,6,9,11H2;1-5,10H,6-8H2,(H,12,13);1-3H,9H2,(H,10,11);;. The smallest absolute Gasteiger partial charge is 0.425 e. The van der Waals surface area contributed by atoms with Gasteiger partial charge in [0, 0.05) is 52.4 Å². The van der Waals surface area contributed by atoms with Gasteiger partial charge < -0.3 is 16.2 Å². The van der Waals surface area contributed by atoms with Crippen molar-refractivity contribution in [2.24, 2.45) is 0 Å². The summed E-state index contributed by atoms with van der Waals surface area (Å²) in [6.45, 7) is 1.51. The highest BCUT2D eigenvalue weighted by Crippen LogP contribution is 2.28. The Balaban J connectivity index is 0.000000210. The molecule has 4 N–H and O–H groups in total. The minimum absolute atomic E-state index is 0.0770. The monoisotopic (exact) mass is 904 g/mol. The number of carbonyl (C=O) groups excluding carboxylic acids is 1. The zero-order valence-corrected chi connectivity index (χ0v) is 33.1. The molecular formula is C36H34Br2N4O10S2. The Bertz CT molecular complexity index is 2310. The third kappa shape index (κ3) is 14.1. The van der Waals surface area contributed by atoms with Crippen molar-refractivity contribution >= 4 is 81.5 Å². The highest BCUT2D eigenvalue weighted by atomic mass is 79.9. The molecule has 2 unspecified atom stereocenters. The van der Waals surface area contributed by atoms with Gasteiger partial charge in [-0.05, 0) is 60.4 Å². The zero-order valence-electron chi connectivity index (χ0n) is 28.3. The Hall–Kier alpha value is -5.04. The molecule has 54 heavy (non-hydrogen) atoms. The molecule has 1 saturated heterocycles. The quantitative estimate of drug-likeness (QED) is 0.196. The first kappa shape index (κ1) is 43.4. The lowest BCUT2D eigenvalue weighted by Gasteiger charge is -2.26. The Morgan fingerprint density at radius 2 is 1.28 bits per heavy atom. The van der Waals surface area contributed by atoms with E-state index in [1.165, 1.54) is 17.2 Å². The molecule has 18 heteroatoms. The lowest BCUT2D eigenvalue weighted by atomic mass is 9.91. The molecule has 1 fully saturated rings. The summed E-state index contributed by atoms with van der Waals surface area (Å²) >= 11 is 6.62. The van der Waals surface area contributed by atoms with Crippen LogP contribution in [0.25, 0.3) is 10.9 Å². The summed E-state index contributed by atoms with van der Waals surface area (Å²) in [7, 11) is -6.22. The van der Waals surface area contributed by atoms with Gasteiger partial charge in [0.1, 0.15) is 5.82 Å². The Labute approximate surface area is 329 Å². The average Bonchev–Trinajstić information content (AvgIpc) is 3.12. The molecule has 284 valence electrons. The highest BCUT2D eigenvalue weighted by Gasteiger charge is 2.23. The molecule has 0 aliphatic carbocycles. The van der Waals surface area contributed by atoms with Gasteiger partial charge in [-0.1, -0.05) is 92.5 Å². The van der Waals surface area contributed by atoms with Crippen molar-refractivity contribution in [3.8, 4) is 0 Å². The molecule has 0 spiro atoms. The van der Waals surface area contributed by atoms with E-state index in [-0.39, 0.29) is 22.7 Å². The van der Waals surface area contributed by atoms with E-state index >= 15 is 0 Å². The molecule has 1 amide bonds. The van der Waals surface area contributed by atoms with Crippen LogP contribution < -0.4 is 16.6 Å². The van der Waals surface area contributed by atoms with Gasteiger partial charge in [-0.15, -0.1) is 25.3 Å². The van der Waals surface area contributed by atoms with E-state index in [1.807, 2.05) is 47.0 Å². The number of rotatable bonds is 3. The largest absolute Gasteiger partial charge is 0.478 e. The fourth-order valence-electron chi connectivity index (χ4n) is 5.70. The lowest BCUT2D eigenvalue weighted by molar-refractivity contribution is -0.122. The summed E-state index contributed by atoms with van der Waals surface area (Å²) < 4.78 is 54.3. The summed E-state index contributed by atoms with van der Waals surface area (Å²) in [5, 5.41) is 12.1. The molecule has 0 radical (unpaired) electrons. The predicted octanol–water partition coefficient (Wildman–Crippen LogP) is 5.29. The number of nitrogen functional groups attached to an aromatic ring is 1. The van der Waals surface area contributed by atoms with Crippen molar-refractivity contribution in [1.29, 1.82) is 0 Å². The fraction of sp³-hybridized carbons (Fsp3) is 0.222.